The van der Waals surface area contributed by atoms with Gasteiger partial charge in [-0.25, -0.2) is 0 Å². The van der Waals surface area contributed by atoms with E-state index < -0.39 is 0 Å². The molecule has 1 atom stereocenters. The minimum Gasteiger partial charge on any atom is -0.345 e. The zero-order chi connectivity index (χ0) is 13.5. The lowest BCUT2D eigenvalue weighted by atomic mass is 10.1. The van der Waals surface area contributed by atoms with E-state index in [0.717, 1.165) is 18.5 Å². The highest BCUT2D eigenvalue weighted by Crippen LogP contribution is 2.07. The molecule has 2 N–H and O–H groups in total. The maximum atomic E-state index is 12.0. The van der Waals surface area contributed by atoms with Crippen LogP contribution in [0.3, 0.4) is 0 Å². The van der Waals surface area contributed by atoms with Crippen molar-refractivity contribution in [2.24, 2.45) is 11.7 Å². The molecular weight excluding hydrogens is 224 g/mol. The van der Waals surface area contributed by atoms with Gasteiger partial charge in [0.25, 0.3) is 0 Å². The van der Waals surface area contributed by atoms with Gasteiger partial charge in [-0.15, -0.1) is 0 Å². The molecule has 100 valence electrons. The van der Waals surface area contributed by atoms with E-state index in [0.29, 0.717) is 18.9 Å². The highest BCUT2D eigenvalue weighted by Gasteiger charge is 2.12. The Hall–Kier alpha value is -1.35. The zero-order valence-electron chi connectivity index (χ0n) is 11.6. The third-order valence-corrected chi connectivity index (χ3v) is 3.20. The van der Waals surface area contributed by atoms with Crippen LogP contribution in [0.2, 0.25) is 0 Å². The van der Waals surface area contributed by atoms with E-state index >= 15 is 0 Å². The van der Waals surface area contributed by atoms with Gasteiger partial charge in [0.05, 0.1) is 6.42 Å². The second-order valence-electron chi connectivity index (χ2n) is 4.96. The molecule has 1 aromatic rings. The van der Waals surface area contributed by atoms with E-state index in [-0.39, 0.29) is 5.91 Å². The van der Waals surface area contributed by atoms with Crippen LogP contribution in [0.15, 0.2) is 24.3 Å². The molecule has 0 radical (unpaired) electrons. The molecule has 3 heteroatoms. The highest BCUT2D eigenvalue weighted by atomic mass is 16.2. The molecule has 0 aliphatic carbocycles. The number of carbonyl (C=O) groups excluding carboxylic acids is 1. The van der Waals surface area contributed by atoms with Crippen LogP contribution >= 0.6 is 0 Å². The molecule has 1 amide bonds. The quantitative estimate of drug-likeness (QED) is 0.835. The van der Waals surface area contributed by atoms with Crippen LogP contribution in [0.1, 0.15) is 25.0 Å². The van der Waals surface area contributed by atoms with Crippen molar-refractivity contribution < 1.29 is 4.79 Å². The fourth-order valence-electron chi connectivity index (χ4n) is 1.85. The lowest BCUT2D eigenvalue weighted by Gasteiger charge is -2.20. The number of carbonyl (C=O) groups is 1. The topological polar surface area (TPSA) is 46.3 Å². The Balaban J connectivity index is 2.52. The van der Waals surface area contributed by atoms with Gasteiger partial charge in [-0.1, -0.05) is 38.1 Å². The van der Waals surface area contributed by atoms with Gasteiger partial charge in [0, 0.05) is 13.6 Å². The van der Waals surface area contributed by atoms with Gasteiger partial charge in [0.1, 0.15) is 0 Å². The summed E-state index contributed by atoms with van der Waals surface area (Å²) in [4.78, 5) is 13.8. The van der Waals surface area contributed by atoms with Crippen molar-refractivity contribution in [2.45, 2.75) is 26.7 Å². The molecule has 0 aromatic heterocycles. The van der Waals surface area contributed by atoms with Crippen molar-refractivity contribution in [1.29, 1.82) is 0 Å². The molecule has 18 heavy (non-hydrogen) atoms. The van der Waals surface area contributed by atoms with E-state index in [9.17, 15) is 4.79 Å². The van der Waals surface area contributed by atoms with Gasteiger partial charge < -0.3 is 10.6 Å². The van der Waals surface area contributed by atoms with E-state index in [4.69, 9.17) is 5.73 Å². The minimum atomic E-state index is 0.152. The standard InChI is InChI=1S/C15H24N2O/c1-4-13-5-7-14(8-6-13)9-15(18)17(3)11-12(2)10-16/h5-8,12H,4,9-11,16H2,1-3H3. The van der Waals surface area contributed by atoms with Crippen molar-refractivity contribution in [3.8, 4) is 0 Å². The first-order chi connectivity index (χ1) is 8.56. The number of likely N-dealkylation sites (N-methyl/N-ethyl adjacent to an activating group) is 1. The average molecular weight is 248 g/mol. The molecule has 3 nitrogen and oxygen atoms in total. The predicted octanol–water partition coefficient (Wildman–Crippen LogP) is 1.84. The normalized spacial score (nSPS) is 12.2. The van der Waals surface area contributed by atoms with Crippen molar-refractivity contribution in [3.05, 3.63) is 35.4 Å². The van der Waals surface area contributed by atoms with Crippen molar-refractivity contribution in [1.82, 2.24) is 4.90 Å². The van der Waals surface area contributed by atoms with E-state index in [1.165, 1.54) is 5.56 Å². The molecule has 0 heterocycles. The molecule has 0 fully saturated rings. The summed E-state index contributed by atoms with van der Waals surface area (Å²) in [5, 5.41) is 0. The van der Waals surface area contributed by atoms with Gasteiger partial charge in [-0.05, 0) is 30.0 Å². The van der Waals surface area contributed by atoms with Gasteiger partial charge in [0.2, 0.25) is 5.91 Å². The molecule has 1 rings (SSSR count). The first-order valence-electron chi connectivity index (χ1n) is 6.58. The number of rotatable bonds is 6. The lowest BCUT2D eigenvalue weighted by Crippen LogP contribution is -2.34. The number of amides is 1. The molecule has 0 bridgehead atoms. The van der Waals surface area contributed by atoms with Gasteiger partial charge >= 0.3 is 0 Å². The maximum absolute atomic E-state index is 12.0. The van der Waals surface area contributed by atoms with E-state index in [1.807, 2.05) is 19.2 Å². The predicted molar refractivity (Wildman–Crippen MR) is 75.4 cm³/mol. The smallest absolute Gasteiger partial charge is 0.226 e. The zero-order valence-corrected chi connectivity index (χ0v) is 11.6. The van der Waals surface area contributed by atoms with Gasteiger partial charge in [-0.2, -0.15) is 0 Å². The van der Waals surface area contributed by atoms with Crippen LogP contribution in [0.25, 0.3) is 0 Å². The van der Waals surface area contributed by atoms with Crippen LogP contribution in [0.5, 0.6) is 0 Å². The largest absolute Gasteiger partial charge is 0.345 e. The second-order valence-corrected chi connectivity index (χ2v) is 4.96. The molecule has 0 aliphatic heterocycles. The summed E-state index contributed by atoms with van der Waals surface area (Å²) in [6.07, 6.45) is 1.50. The van der Waals surface area contributed by atoms with Crippen LogP contribution < -0.4 is 5.73 Å². The summed E-state index contributed by atoms with van der Waals surface area (Å²) in [6, 6.07) is 8.25. The maximum Gasteiger partial charge on any atom is 0.226 e. The number of nitrogens with zero attached hydrogens (tertiary/aromatic N) is 1. The Morgan fingerprint density at radius 1 is 1.28 bits per heavy atom. The summed E-state index contributed by atoms with van der Waals surface area (Å²) in [5.74, 6) is 0.501. The third-order valence-electron chi connectivity index (χ3n) is 3.20. The van der Waals surface area contributed by atoms with Crippen LogP contribution in [-0.2, 0) is 17.6 Å². The lowest BCUT2D eigenvalue weighted by molar-refractivity contribution is -0.129. The molecule has 0 aliphatic rings. The summed E-state index contributed by atoms with van der Waals surface area (Å²) >= 11 is 0. The molecule has 1 unspecified atom stereocenters. The Bertz CT molecular complexity index is 373. The number of hydrogen-bond acceptors (Lipinski definition) is 2. The summed E-state index contributed by atoms with van der Waals surface area (Å²) in [7, 11) is 1.84. The first-order valence-corrected chi connectivity index (χ1v) is 6.58. The van der Waals surface area contributed by atoms with Gasteiger partial charge in [0.15, 0.2) is 0 Å². The van der Waals surface area contributed by atoms with Crippen molar-refractivity contribution >= 4 is 5.91 Å². The molecule has 0 saturated carbocycles. The fourth-order valence-corrected chi connectivity index (χ4v) is 1.85. The van der Waals surface area contributed by atoms with Crippen LogP contribution in [0.4, 0.5) is 0 Å². The van der Waals surface area contributed by atoms with E-state index in [2.05, 4.69) is 26.0 Å². The Kier molecular flexibility index (Phi) is 5.86. The molecule has 0 saturated heterocycles. The molecular formula is C15H24N2O. The number of benzene rings is 1. The molecule has 0 spiro atoms. The van der Waals surface area contributed by atoms with Crippen LogP contribution in [0, 0.1) is 5.92 Å². The minimum absolute atomic E-state index is 0.152. The summed E-state index contributed by atoms with van der Waals surface area (Å²) in [5.41, 5.74) is 7.94. The highest BCUT2D eigenvalue weighted by molar-refractivity contribution is 5.78. The van der Waals surface area contributed by atoms with Gasteiger partial charge in [-0.3, -0.25) is 4.79 Å². The number of aryl methyl sites for hydroxylation is 1. The van der Waals surface area contributed by atoms with Crippen molar-refractivity contribution in [3.63, 3.8) is 0 Å². The second kappa shape index (κ2) is 7.17. The monoisotopic (exact) mass is 248 g/mol. The SMILES string of the molecule is CCc1ccc(CC(=O)N(C)CC(C)CN)cc1. The number of hydrogen-bond donors (Lipinski definition) is 1. The fraction of sp³-hybridized carbons (Fsp3) is 0.533. The van der Waals surface area contributed by atoms with Crippen LogP contribution in [-0.4, -0.2) is 30.9 Å². The third kappa shape index (κ3) is 4.49. The average Bonchev–Trinajstić information content (AvgIpc) is 2.39. The first kappa shape index (κ1) is 14.7. The van der Waals surface area contributed by atoms with E-state index in [1.54, 1.807) is 4.90 Å². The Morgan fingerprint density at radius 2 is 1.83 bits per heavy atom. The summed E-state index contributed by atoms with van der Waals surface area (Å²) < 4.78 is 0. The Labute approximate surface area is 110 Å². The molecule has 1 aromatic carbocycles. The van der Waals surface area contributed by atoms with Crippen molar-refractivity contribution in [2.75, 3.05) is 20.1 Å². The number of nitrogens with two attached hydrogens (primary N) is 1. The summed E-state index contributed by atoms with van der Waals surface area (Å²) in [6.45, 7) is 5.52. The Morgan fingerprint density at radius 3 is 2.33 bits per heavy atom.